The van der Waals surface area contributed by atoms with Gasteiger partial charge in [-0.2, -0.15) is 5.26 Å². The number of benzene rings is 1. The molecular weight excluding hydrogens is 324 g/mol. The Morgan fingerprint density at radius 1 is 1.28 bits per heavy atom. The van der Waals surface area contributed by atoms with E-state index >= 15 is 0 Å². The minimum Gasteiger partial charge on any atom is -0.495 e. The van der Waals surface area contributed by atoms with E-state index in [-0.39, 0.29) is 11.8 Å². The van der Waals surface area contributed by atoms with Crippen LogP contribution in [-0.2, 0) is 15.9 Å². The van der Waals surface area contributed by atoms with Gasteiger partial charge in [0, 0.05) is 12.5 Å². The summed E-state index contributed by atoms with van der Waals surface area (Å²) in [4.78, 5) is 0. The highest BCUT2D eigenvalue weighted by Gasteiger charge is 2.64. The first-order valence-corrected chi connectivity index (χ1v) is 7.91. The van der Waals surface area contributed by atoms with Crippen LogP contribution < -0.4 is 4.74 Å². The van der Waals surface area contributed by atoms with Crippen molar-refractivity contribution in [1.82, 2.24) is 4.57 Å². The van der Waals surface area contributed by atoms with Crippen molar-refractivity contribution in [3.05, 3.63) is 34.9 Å². The Bertz CT molecular complexity index is 944. The maximum Gasteiger partial charge on any atom is 0.205 e. The number of ether oxygens (including phenoxy) is 2. The summed E-state index contributed by atoms with van der Waals surface area (Å²) in [6.45, 7) is 3.49. The molecule has 1 saturated heterocycles. The summed E-state index contributed by atoms with van der Waals surface area (Å²) in [7, 11) is 1.45. The third-order valence-corrected chi connectivity index (χ3v) is 5.37. The van der Waals surface area contributed by atoms with Gasteiger partial charge in [0.25, 0.3) is 0 Å². The lowest BCUT2D eigenvalue weighted by molar-refractivity contribution is -0.0936. The molecule has 1 fully saturated rings. The molecule has 0 amide bonds. The number of nitrogens with zero attached hydrogens (tertiary/aromatic N) is 2. The molecule has 0 radical (unpaired) electrons. The fraction of sp³-hybridized carbons (Fsp3) is 0.389. The van der Waals surface area contributed by atoms with E-state index < -0.39 is 17.3 Å². The lowest BCUT2D eigenvalue weighted by Crippen LogP contribution is -2.32. The third-order valence-electron chi connectivity index (χ3n) is 5.37. The average Bonchev–Trinajstić information content (AvgIpc) is 3.08. The van der Waals surface area contributed by atoms with Crippen LogP contribution in [0.1, 0.15) is 37.0 Å². The smallest absolute Gasteiger partial charge is 0.205 e. The predicted molar refractivity (Wildman–Crippen MR) is 86.8 cm³/mol. The Hall–Kier alpha value is -2.69. The maximum atomic E-state index is 10.8. The zero-order valence-electron chi connectivity index (χ0n) is 14.1. The lowest BCUT2D eigenvalue weighted by atomic mass is 9.78. The van der Waals surface area contributed by atoms with Gasteiger partial charge in [-0.05, 0) is 26.0 Å². The van der Waals surface area contributed by atoms with Crippen LogP contribution >= 0.6 is 0 Å². The average molecular weight is 342 g/mol. The van der Waals surface area contributed by atoms with Crippen molar-refractivity contribution < 1.29 is 24.8 Å². The molecule has 3 atom stereocenters. The molecule has 1 aromatic carbocycles. The summed E-state index contributed by atoms with van der Waals surface area (Å²) in [6, 6.07) is 6.76. The molecule has 4 rings (SSSR count). The molecule has 130 valence electrons. The number of aliphatic hydroxyl groups is 1. The van der Waals surface area contributed by atoms with Gasteiger partial charge in [0.1, 0.15) is 17.4 Å². The van der Waals surface area contributed by atoms with Crippen molar-refractivity contribution in [2.24, 2.45) is 0 Å². The number of aliphatic hydroxyl groups excluding tert-OH is 1. The second-order valence-corrected chi connectivity index (χ2v) is 6.89. The van der Waals surface area contributed by atoms with Crippen LogP contribution in [0.2, 0.25) is 0 Å². The minimum absolute atomic E-state index is 0.141. The molecule has 7 nitrogen and oxygen atoms in total. The van der Waals surface area contributed by atoms with Gasteiger partial charge in [0.15, 0.2) is 0 Å². The Morgan fingerprint density at radius 3 is 2.60 bits per heavy atom. The molecule has 0 aliphatic carbocycles. The number of hydrogen-bond acceptors (Lipinski definition) is 6. The fourth-order valence-electron chi connectivity index (χ4n) is 4.19. The van der Waals surface area contributed by atoms with E-state index in [9.17, 15) is 15.3 Å². The minimum atomic E-state index is -1.08. The summed E-state index contributed by atoms with van der Waals surface area (Å²) in [5.74, 6) is 0.00552. The predicted octanol–water partition coefficient (Wildman–Crippen LogP) is 1.99. The van der Waals surface area contributed by atoms with E-state index in [1.807, 2.05) is 6.07 Å². The van der Waals surface area contributed by atoms with Crippen molar-refractivity contribution in [3.63, 3.8) is 0 Å². The summed E-state index contributed by atoms with van der Waals surface area (Å²) >= 11 is 0. The summed E-state index contributed by atoms with van der Waals surface area (Å²) in [5.41, 5.74) is -0.264. The second-order valence-electron chi connectivity index (χ2n) is 6.89. The van der Waals surface area contributed by atoms with Crippen molar-refractivity contribution in [1.29, 1.82) is 5.26 Å². The molecule has 3 heterocycles. The highest BCUT2D eigenvalue weighted by Crippen LogP contribution is 2.64. The van der Waals surface area contributed by atoms with Crippen molar-refractivity contribution in [3.8, 4) is 29.3 Å². The van der Waals surface area contributed by atoms with Gasteiger partial charge in [0.2, 0.25) is 11.8 Å². The zero-order valence-corrected chi connectivity index (χ0v) is 14.1. The number of fused-ring (bicyclic) bond motifs is 5. The van der Waals surface area contributed by atoms with Crippen LogP contribution in [0.15, 0.2) is 18.2 Å². The molecule has 7 heteroatoms. The lowest BCUT2D eigenvalue weighted by Gasteiger charge is -2.25. The largest absolute Gasteiger partial charge is 0.495 e. The summed E-state index contributed by atoms with van der Waals surface area (Å²) < 4.78 is 12.4. The fourth-order valence-corrected chi connectivity index (χ4v) is 4.19. The molecule has 25 heavy (non-hydrogen) atoms. The van der Waals surface area contributed by atoms with Crippen molar-refractivity contribution >= 4 is 0 Å². The van der Waals surface area contributed by atoms with E-state index in [2.05, 4.69) is 0 Å². The van der Waals surface area contributed by atoms with Gasteiger partial charge in [-0.25, -0.2) is 0 Å². The first-order chi connectivity index (χ1) is 11.8. The highest BCUT2D eigenvalue weighted by atomic mass is 16.6. The van der Waals surface area contributed by atoms with Crippen LogP contribution in [0.4, 0.5) is 0 Å². The van der Waals surface area contributed by atoms with Crippen molar-refractivity contribution in [2.45, 2.75) is 37.6 Å². The quantitative estimate of drug-likeness (QED) is 0.770. The number of aromatic hydroxyl groups is 2. The van der Waals surface area contributed by atoms with Crippen LogP contribution in [0, 0.1) is 11.3 Å². The van der Waals surface area contributed by atoms with Crippen molar-refractivity contribution in [2.75, 3.05) is 7.11 Å². The van der Waals surface area contributed by atoms with Gasteiger partial charge in [-0.1, -0.05) is 0 Å². The number of nitriles is 1. The Morgan fingerprint density at radius 2 is 1.96 bits per heavy atom. The SMILES string of the molecule is COc1cc(-n2c(O)c3c(c2O)[C@]2(C)C[C@@H](O)C3(C)O2)ccc1C#N. The summed E-state index contributed by atoms with van der Waals surface area (Å²) in [6.07, 6.45) is -0.439. The van der Waals surface area contributed by atoms with E-state index in [4.69, 9.17) is 14.7 Å². The van der Waals surface area contributed by atoms with Crippen LogP contribution in [0.3, 0.4) is 0 Å². The van der Waals surface area contributed by atoms with Crippen LogP contribution in [0.25, 0.3) is 5.69 Å². The summed E-state index contributed by atoms with van der Waals surface area (Å²) in [5, 5.41) is 41.1. The standard InChI is InChI=1S/C18H18N2O5/c1-17-7-12(21)18(2,25-17)14-13(17)15(22)20(16(14)23)10-5-4-9(8-19)11(6-10)24-3/h4-6,12,21-23H,7H2,1-3H3/t12-,17+,18?/m1/s1. The Kier molecular flexibility index (Phi) is 2.96. The normalized spacial score (nSPS) is 29.5. The van der Waals surface area contributed by atoms with Gasteiger partial charge in [0.05, 0.1) is 41.2 Å². The number of rotatable bonds is 2. The molecule has 2 aliphatic heterocycles. The maximum absolute atomic E-state index is 10.8. The van der Waals surface area contributed by atoms with E-state index in [0.29, 0.717) is 34.5 Å². The van der Waals surface area contributed by atoms with Gasteiger partial charge in [-0.15, -0.1) is 0 Å². The monoisotopic (exact) mass is 342 g/mol. The molecule has 2 aliphatic rings. The topological polar surface area (TPSA) is 108 Å². The first kappa shape index (κ1) is 15.8. The molecule has 2 aromatic rings. The number of methoxy groups -OCH3 is 1. The molecule has 3 N–H and O–H groups in total. The number of hydrogen-bond donors (Lipinski definition) is 3. The molecule has 2 bridgehead atoms. The van der Waals surface area contributed by atoms with E-state index in [0.717, 1.165) is 0 Å². The molecule has 1 aromatic heterocycles. The van der Waals surface area contributed by atoms with Gasteiger partial charge in [-0.3, -0.25) is 4.57 Å². The molecule has 1 unspecified atom stereocenters. The van der Waals surface area contributed by atoms with Gasteiger partial charge < -0.3 is 24.8 Å². The molecular formula is C18H18N2O5. The number of aromatic nitrogens is 1. The van der Waals surface area contributed by atoms with E-state index in [1.165, 1.54) is 11.7 Å². The second kappa shape index (κ2) is 4.69. The van der Waals surface area contributed by atoms with Gasteiger partial charge >= 0.3 is 0 Å². The Balaban J connectivity index is 1.97. The highest BCUT2D eigenvalue weighted by molar-refractivity contribution is 5.62. The van der Waals surface area contributed by atoms with E-state index in [1.54, 1.807) is 32.0 Å². The zero-order chi connectivity index (χ0) is 18.1. The van der Waals surface area contributed by atoms with Crippen LogP contribution in [0.5, 0.6) is 17.5 Å². The molecule has 0 saturated carbocycles. The molecule has 0 spiro atoms. The Labute approximate surface area is 144 Å². The van der Waals surface area contributed by atoms with Crippen LogP contribution in [-0.4, -0.2) is 33.1 Å². The third kappa shape index (κ3) is 1.75. The first-order valence-electron chi connectivity index (χ1n) is 7.91.